The van der Waals surface area contributed by atoms with Gasteiger partial charge in [-0.1, -0.05) is 47.5 Å². The van der Waals surface area contributed by atoms with Crippen molar-refractivity contribution < 1.29 is 0 Å². The third-order valence-corrected chi connectivity index (χ3v) is 3.78. The van der Waals surface area contributed by atoms with Crippen molar-refractivity contribution in [2.45, 2.75) is 19.4 Å². The minimum absolute atomic E-state index is 0.380. The maximum atomic E-state index is 5.87. The van der Waals surface area contributed by atoms with E-state index >= 15 is 0 Å². The molecule has 2 atom stereocenters. The first kappa shape index (κ1) is 13.7. The molecule has 90 valence electrons. The van der Waals surface area contributed by atoms with Crippen LogP contribution in [0.25, 0.3) is 0 Å². The Hall–Kier alpha value is -0.380. The average molecular weight is 285 g/mol. The van der Waals surface area contributed by atoms with Crippen molar-refractivity contribution >= 4 is 15.9 Å². The molecule has 2 unspecified atom stereocenters. The van der Waals surface area contributed by atoms with Gasteiger partial charge in [-0.3, -0.25) is 0 Å². The number of rotatable bonds is 5. The van der Waals surface area contributed by atoms with Crippen LogP contribution in [0.4, 0.5) is 0 Å². The van der Waals surface area contributed by atoms with Crippen molar-refractivity contribution in [1.82, 2.24) is 4.90 Å². The van der Waals surface area contributed by atoms with Gasteiger partial charge >= 0.3 is 0 Å². The Balaban J connectivity index is 3.07. The Morgan fingerprint density at radius 2 is 1.94 bits per heavy atom. The van der Waals surface area contributed by atoms with Gasteiger partial charge in [0.2, 0.25) is 0 Å². The van der Waals surface area contributed by atoms with Gasteiger partial charge in [-0.05, 0) is 38.2 Å². The van der Waals surface area contributed by atoms with Crippen LogP contribution in [0, 0.1) is 5.92 Å². The summed E-state index contributed by atoms with van der Waals surface area (Å²) in [4.78, 5) is 2.25. The fourth-order valence-corrected chi connectivity index (χ4v) is 2.71. The lowest BCUT2D eigenvalue weighted by Gasteiger charge is -2.32. The van der Waals surface area contributed by atoms with E-state index in [1.807, 2.05) is 6.07 Å². The first-order chi connectivity index (χ1) is 7.61. The second-order valence-corrected chi connectivity index (χ2v) is 5.19. The SMILES string of the molecule is CCC(CN)C(c1ccccc1Br)N(C)C. The highest BCUT2D eigenvalue weighted by Crippen LogP contribution is 2.33. The minimum Gasteiger partial charge on any atom is -0.330 e. The van der Waals surface area contributed by atoms with Gasteiger partial charge in [-0.15, -0.1) is 0 Å². The number of benzene rings is 1. The number of nitrogens with two attached hydrogens (primary N) is 1. The monoisotopic (exact) mass is 284 g/mol. The summed E-state index contributed by atoms with van der Waals surface area (Å²) in [6.45, 7) is 2.92. The molecule has 2 nitrogen and oxygen atoms in total. The molecule has 0 aliphatic carbocycles. The number of hydrogen-bond donors (Lipinski definition) is 1. The summed E-state index contributed by atoms with van der Waals surface area (Å²) in [6, 6.07) is 8.77. The van der Waals surface area contributed by atoms with Crippen molar-refractivity contribution in [3.05, 3.63) is 34.3 Å². The van der Waals surface area contributed by atoms with Crippen molar-refractivity contribution in [2.24, 2.45) is 11.7 Å². The molecule has 0 bridgehead atoms. The van der Waals surface area contributed by atoms with Crippen LogP contribution in [0.15, 0.2) is 28.7 Å². The quantitative estimate of drug-likeness (QED) is 0.901. The Morgan fingerprint density at radius 3 is 2.38 bits per heavy atom. The Labute approximate surface area is 107 Å². The lowest BCUT2D eigenvalue weighted by atomic mass is 9.90. The third kappa shape index (κ3) is 3.06. The molecule has 0 aromatic heterocycles. The highest BCUT2D eigenvalue weighted by Gasteiger charge is 2.24. The van der Waals surface area contributed by atoms with E-state index < -0.39 is 0 Å². The summed E-state index contributed by atoms with van der Waals surface area (Å²) in [5.74, 6) is 0.494. The summed E-state index contributed by atoms with van der Waals surface area (Å²) in [5, 5.41) is 0. The summed E-state index contributed by atoms with van der Waals surface area (Å²) in [5.41, 5.74) is 7.19. The van der Waals surface area contributed by atoms with Gasteiger partial charge in [0.05, 0.1) is 0 Å². The van der Waals surface area contributed by atoms with Crippen LogP contribution < -0.4 is 5.73 Å². The van der Waals surface area contributed by atoms with Gasteiger partial charge in [-0.25, -0.2) is 0 Å². The van der Waals surface area contributed by atoms with Crippen LogP contribution in [0.1, 0.15) is 24.9 Å². The summed E-state index contributed by atoms with van der Waals surface area (Å²) >= 11 is 3.62. The standard InChI is InChI=1S/C13H21BrN2/c1-4-10(9-15)13(16(2)3)11-7-5-6-8-12(11)14/h5-8,10,13H,4,9,15H2,1-3H3. The van der Waals surface area contributed by atoms with E-state index in [9.17, 15) is 0 Å². The number of nitrogens with zero attached hydrogens (tertiary/aromatic N) is 1. The van der Waals surface area contributed by atoms with Gasteiger partial charge in [-0.2, -0.15) is 0 Å². The lowest BCUT2D eigenvalue weighted by Crippen LogP contribution is -2.32. The molecule has 2 N–H and O–H groups in total. The van der Waals surface area contributed by atoms with Crippen LogP contribution >= 0.6 is 15.9 Å². The van der Waals surface area contributed by atoms with E-state index in [0.717, 1.165) is 13.0 Å². The summed E-state index contributed by atoms with van der Waals surface area (Å²) in [6.07, 6.45) is 1.10. The number of halogens is 1. The molecular weight excluding hydrogens is 264 g/mol. The van der Waals surface area contributed by atoms with Crippen molar-refractivity contribution in [1.29, 1.82) is 0 Å². The zero-order valence-electron chi connectivity index (χ0n) is 10.3. The second-order valence-electron chi connectivity index (χ2n) is 4.33. The molecule has 1 rings (SSSR count). The van der Waals surface area contributed by atoms with Crippen molar-refractivity contribution in [3.63, 3.8) is 0 Å². The van der Waals surface area contributed by atoms with Crippen LogP contribution in [0.2, 0.25) is 0 Å². The maximum absolute atomic E-state index is 5.87. The predicted molar refractivity (Wildman–Crippen MR) is 73.4 cm³/mol. The molecule has 0 fully saturated rings. The van der Waals surface area contributed by atoms with Crippen LogP contribution in [-0.4, -0.2) is 25.5 Å². The molecule has 0 aliphatic rings. The fourth-order valence-electron chi connectivity index (χ4n) is 2.19. The first-order valence-electron chi connectivity index (χ1n) is 5.72. The predicted octanol–water partition coefficient (Wildman–Crippen LogP) is 3.04. The zero-order chi connectivity index (χ0) is 12.1. The largest absolute Gasteiger partial charge is 0.330 e. The maximum Gasteiger partial charge on any atom is 0.0393 e. The molecule has 3 heteroatoms. The van der Waals surface area contributed by atoms with Gasteiger partial charge in [0.15, 0.2) is 0 Å². The smallest absolute Gasteiger partial charge is 0.0393 e. The fraction of sp³-hybridized carbons (Fsp3) is 0.538. The third-order valence-electron chi connectivity index (χ3n) is 3.05. The molecule has 0 heterocycles. The van der Waals surface area contributed by atoms with Gasteiger partial charge in [0.25, 0.3) is 0 Å². The van der Waals surface area contributed by atoms with E-state index in [1.54, 1.807) is 0 Å². The normalized spacial score (nSPS) is 15.1. The minimum atomic E-state index is 0.380. The van der Waals surface area contributed by atoms with E-state index in [1.165, 1.54) is 10.0 Å². The van der Waals surface area contributed by atoms with Gasteiger partial charge in [0.1, 0.15) is 0 Å². The van der Waals surface area contributed by atoms with E-state index in [2.05, 4.69) is 60.0 Å². The Kier molecular flexibility index (Phi) is 5.46. The second kappa shape index (κ2) is 6.38. The van der Waals surface area contributed by atoms with Crippen LogP contribution in [0.5, 0.6) is 0 Å². The van der Waals surface area contributed by atoms with Crippen molar-refractivity contribution in [2.75, 3.05) is 20.6 Å². The molecule has 0 aliphatic heterocycles. The van der Waals surface area contributed by atoms with Crippen LogP contribution in [-0.2, 0) is 0 Å². The number of hydrogen-bond acceptors (Lipinski definition) is 2. The zero-order valence-corrected chi connectivity index (χ0v) is 11.9. The average Bonchev–Trinajstić information content (AvgIpc) is 2.27. The van der Waals surface area contributed by atoms with Crippen molar-refractivity contribution in [3.8, 4) is 0 Å². The van der Waals surface area contributed by atoms with E-state index in [0.29, 0.717) is 12.0 Å². The molecule has 16 heavy (non-hydrogen) atoms. The van der Waals surface area contributed by atoms with E-state index in [-0.39, 0.29) is 0 Å². The van der Waals surface area contributed by atoms with Gasteiger partial charge in [0, 0.05) is 10.5 Å². The Bertz CT molecular complexity index is 321. The Morgan fingerprint density at radius 1 is 1.31 bits per heavy atom. The first-order valence-corrected chi connectivity index (χ1v) is 6.52. The summed E-state index contributed by atoms with van der Waals surface area (Å²) < 4.78 is 1.17. The highest BCUT2D eigenvalue weighted by atomic mass is 79.9. The molecule has 1 aromatic rings. The molecular formula is C13H21BrN2. The van der Waals surface area contributed by atoms with Gasteiger partial charge < -0.3 is 10.6 Å². The molecule has 0 amide bonds. The highest BCUT2D eigenvalue weighted by molar-refractivity contribution is 9.10. The van der Waals surface area contributed by atoms with Crippen LogP contribution in [0.3, 0.4) is 0 Å². The summed E-state index contributed by atoms with van der Waals surface area (Å²) in [7, 11) is 4.23. The van der Waals surface area contributed by atoms with E-state index in [4.69, 9.17) is 5.73 Å². The molecule has 0 saturated carbocycles. The molecule has 0 radical (unpaired) electrons. The molecule has 1 aromatic carbocycles. The lowest BCUT2D eigenvalue weighted by molar-refractivity contribution is 0.210. The topological polar surface area (TPSA) is 29.3 Å². The molecule has 0 saturated heterocycles. The molecule has 0 spiro atoms.